The van der Waals surface area contributed by atoms with Crippen LogP contribution in [0.15, 0.2) is 30.3 Å². The lowest BCUT2D eigenvalue weighted by Gasteiger charge is -2.34. The van der Waals surface area contributed by atoms with Crippen LogP contribution in [-0.4, -0.2) is 49.1 Å². The Labute approximate surface area is 112 Å². The van der Waals surface area contributed by atoms with Gasteiger partial charge in [-0.05, 0) is 19.1 Å². The fourth-order valence-electron chi connectivity index (χ4n) is 2.14. The van der Waals surface area contributed by atoms with E-state index in [0.29, 0.717) is 31.8 Å². The van der Waals surface area contributed by atoms with Crippen LogP contribution in [0.4, 0.5) is 0 Å². The second-order valence-electron chi connectivity index (χ2n) is 4.34. The van der Waals surface area contributed by atoms with E-state index in [-0.39, 0.29) is 11.9 Å². The number of rotatable bonds is 3. The molecule has 19 heavy (non-hydrogen) atoms. The van der Waals surface area contributed by atoms with Crippen LogP contribution in [0.1, 0.15) is 17.3 Å². The van der Waals surface area contributed by atoms with Crippen molar-refractivity contribution in [3.05, 3.63) is 35.9 Å². The van der Waals surface area contributed by atoms with Crippen molar-refractivity contribution in [2.24, 2.45) is 0 Å². The maximum Gasteiger partial charge on any atom is 0.330 e. The van der Waals surface area contributed by atoms with Crippen LogP contribution >= 0.6 is 0 Å². The second kappa shape index (κ2) is 6.33. The summed E-state index contributed by atoms with van der Waals surface area (Å²) in [6, 6.07) is 8.46. The molecule has 1 heterocycles. The summed E-state index contributed by atoms with van der Waals surface area (Å²) >= 11 is 0. The van der Waals surface area contributed by atoms with Gasteiger partial charge < -0.3 is 15.0 Å². The SMILES string of the molecule is CCOC(=O)C1CNCCN1C(=O)c1ccccc1. The monoisotopic (exact) mass is 262 g/mol. The standard InChI is InChI=1S/C14H18N2O3/c1-2-19-14(18)12-10-15-8-9-16(12)13(17)11-6-4-3-5-7-11/h3-7,12,15H,2,8-10H2,1H3. The molecule has 1 aromatic rings. The molecule has 2 rings (SSSR count). The number of amides is 1. The summed E-state index contributed by atoms with van der Waals surface area (Å²) in [7, 11) is 0. The predicted molar refractivity (Wildman–Crippen MR) is 70.8 cm³/mol. The maximum atomic E-state index is 12.4. The first-order valence-electron chi connectivity index (χ1n) is 6.47. The number of piperazine rings is 1. The first kappa shape index (κ1) is 13.5. The number of carbonyl (C=O) groups excluding carboxylic acids is 2. The molecule has 1 aromatic carbocycles. The zero-order valence-electron chi connectivity index (χ0n) is 11.0. The maximum absolute atomic E-state index is 12.4. The average Bonchev–Trinajstić information content (AvgIpc) is 2.47. The molecule has 102 valence electrons. The Kier molecular flexibility index (Phi) is 4.52. The van der Waals surface area contributed by atoms with E-state index in [1.807, 2.05) is 18.2 Å². The summed E-state index contributed by atoms with van der Waals surface area (Å²) in [5.74, 6) is -0.473. The molecule has 0 aromatic heterocycles. The summed E-state index contributed by atoms with van der Waals surface area (Å²) in [4.78, 5) is 25.9. The number of nitrogens with zero attached hydrogens (tertiary/aromatic N) is 1. The topological polar surface area (TPSA) is 58.6 Å². The quantitative estimate of drug-likeness (QED) is 0.813. The predicted octanol–water partition coefficient (Wildman–Crippen LogP) is 0.664. The third-order valence-corrected chi connectivity index (χ3v) is 3.08. The average molecular weight is 262 g/mol. The van der Waals surface area contributed by atoms with Gasteiger partial charge in [0.1, 0.15) is 6.04 Å². The van der Waals surface area contributed by atoms with E-state index >= 15 is 0 Å². The van der Waals surface area contributed by atoms with Crippen molar-refractivity contribution in [2.45, 2.75) is 13.0 Å². The highest BCUT2D eigenvalue weighted by Crippen LogP contribution is 2.11. The second-order valence-corrected chi connectivity index (χ2v) is 4.34. The van der Waals surface area contributed by atoms with Crippen LogP contribution in [0.2, 0.25) is 0 Å². The first-order chi connectivity index (χ1) is 9.24. The number of carbonyl (C=O) groups is 2. The van der Waals surface area contributed by atoms with Crippen LogP contribution in [0.5, 0.6) is 0 Å². The summed E-state index contributed by atoms with van der Waals surface area (Å²) in [6.07, 6.45) is 0. The van der Waals surface area contributed by atoms with Crippen LogP contribution in [0.3, 0.4) is 0 Å². The number of hydrogen-bond donors (Lipinski definition) is 1. The van der Waals surface area contributed by atoms with Crippen molar-refractivity contribution in [1.82, 2.24) is 10.2 Å². The van der Waals surface area contributed by atoms with E-state index in [2.05, 4.69) is 5.32 Å². The normalized spacial score (nSPS) is 19.0. The van der Waals surface area contributed by atoms with Crippen molar-refractivity contribution >= 4 is 11.9 Å². The molecule has 1 unspecified atom stereocenters. The molecule has 5 nitrogen and oxygen atoms in total. The molecule has 1 N–H and O–H groups in total. The molecule has 0 radical (unpaired) electrons. The first-order valence-corrected chi connectivity index (χ1v) is 6.47. The third-order valence-electron chi connectivity index (χ3n) is 3.08. The van der Waals surface area contributed by atoms with Gasteiger partial charge in [-0.15, -0.1) is 0 Å². The molecule has 1 atom stereocenters. The lowest BCUT2D eigenvalue weighted by Crippen LogP contribution is -2.57. The van der Waals surface area contributed by atoms with E-state index in [0.717, 1.165) is 0 Å². The number of nitrogens with one attached hydrogen (secondary N) is 1. The summed E-state index contributed by atoms with van der Waals surface area (Å²) in [5, 5.41) is 3.12. The van der Waals surface area contributed by atoms with Gasteiger partial charge in [0.15, 0.2) is 0 Å². The molecule has 0 saturated carbocycles. The Morgan fingerprint density at radius 3 is 2.79 bits per heavy atom. The minimum Gasteiger partial charge on any atom is -0.464 e. The largest absolute Gasteiger partial charge is 0.464 e. The number of hydrogen-bond acceptors (Lipinski definition) is 4. The van der Waals surface area contributed by atoms with E-state index in [4.69, 9.17) is 4.74 Å². The van der Waals surface area contributed by atoms with Crippen molar-refractivity contribution in [1.29, 1.82) is 0 Å². The Balaban J connectivity index is 2.15. The molecule has 5 heteroatoms. The lowest BCUT2D eigenvalue weighted by atomic mass is 10.1. The molecule has 1 saturated heterocycles. The van der Waals surface area contributed by atoms with Gasteiger partial charge in [-0.1, -0.05) is 18.2 Å². The molecule has 1 aliphatic heterocycles. The smallest absolute Gasteiger partial charge is 0.330 e. The third kappa shape index (κ3) is 3.12. The van der Waals surface area contributed by atoms with Crippen LogP contribution in [0.25, 0.3) is 0 Å². The molecule has 1 amide bonds. The number of ether oxygens (including phenoxy) is 1. The fourth-order valence-corrected chi connectivity index (χ4v) is 2.14. The minimum absolute atomic E-state index is 0.125. The lowest BCUT2D eigenvalue weighted by molar-refractivity contribution is -0.149. The van der Waals surface area contributed by atoms with Gasteiger partial charge in [-0.3, -0.25) is 4.79 Å². The van der Waals surface area contributed by atoms with Gasteiger partial charge in [0.25, 0.3) is 5.91 Å². The Bertz CT molecular complexity index is 447. The van der Waals surface area contributed by atoms with Crippen molar-refractivity contribution in [3.8, 4) is 0 Å². The molecular weight excluding hydrogens is 244 g/mol. The van der Waals surface area contributed by atoms with E-state index in [9.17, 15) is 9.59 Å². The van der Waals surface area contributed by atoms with Crippen LogP contribution in [-0.2, 0) is 9.53 Å². The molecular formula is C14H18N2O3. The van der Waals surface area contributed by atoms with Gasteiger partial charge in [0, 0.05) is 25.2 Å². The number of esters is 1. The molecule has 0 bridgehead atoms. The zero-order valence-corrected chi connectivity index (χ0v) is 11.0. The highest BCUT2D eigenvalue weighted by atomic mass is 16.5. The summed E-state index contributed by atoms with van der Waals surface area (Å²) in [5.41, 5.74) is 0.596. The van der Waals surface area contributed by atoms with Gasteiger partial charge in [0.05, 0.1) is 6.61 Å². The molecule has 0 spiro atoms. The van der Waals surface area contributed by atoms with E-state index in [1.165, 1.54) is 0 Å². The molecule has 1 fully saturated rings. The van der Waals surface area contributed by atoms with Gasteiger partial charge >= 0.3 is 5.97 Å². The van der Waals surface area contributed by atoms with Crippen molar-refractivity contribution in [2.75, 3.05) is 26.2 Å². The van der Waals surface area contributed by atoms with Gasteiger partial charge in [0.2, 0.25) is 0 Å². The Hall–Kier alpha value is -1.88. The van der Waals surface area contributed by atoms with Crippen LogP contribution in [0, 0.1) is 0 Å². The fraction of sp³-hybridized carbons (Fsp3) is 0.429. The van der Waals surface area contributed by atoms with E-state index in [1.54, 1.807) is 24.0 Å². The molecule has 1 aliphatic rings. The van der Waals surface area contributed by atoms with Crippen LogP contribution < -0.4 is 5.32 Å². The highest BCUT2D eigenvalue weighted by Gasteiger charge is 2.33. The van der Waals surface area contributed by atoms with Gasteiger partial charge in [-0.25, -0.2) is 4.79 Å². The minimum atomic E-state index is -0.540. The summed E-state index contributed by atoms with van der Waals surface area (Å²) in [6.45, 7) is 3.73. The van der Waals surface area contributed by atoms with Gasteiger partial charge in [-0.2, -0.15) is 0 Å². The van der Waals surface area contributed by atoms with E-state index < -0.39 is 6.04 Å². The Morgan fingerprint density at radius 2 is 2.11 bits per heavy atom. The summed E-state index contributed by atoms with van der Waals surface area (Å²) < 4.78 is 5.02. The number of benzene rings is 1. The Morgan fingerprint density at radius 1 is 1.37 bits per heavy atom. The molecule has 0 aliphatic carbocycles. The zero-order chi connectivity index (χ0) is 13.7. The highest BCUT2D eigenvalue weighted by molar-refractivity contribution is 5.97. The van der Waals surface area contributed by atoms with Crippen molar-refractivity contribution in [3.63, 3.8) is 0 Å². The van der Waals surface area contributed by atoms with Crippen molar-refractivity contribution < 1.29 is 14.3 Å².